The first-order chi connectivity index (χ1) is 10.9. The van der Waals surface area contributed by atoms with E-state index in [1.165, 1.54) is 6.92 Å². The number of para-hydroxylation sites is 1. The normalized spacial score (nSPS) is 11.6. The summed E-state index contributed by atoms with van der Waals surface area (Å²) in [6, 6.07) is 12.2. The molecule has 5 nitrogen and oxygen atoms in total. The number of benzene rings is 2. The molecule has 0 spiro atoms. The summed E-state index contributed by atoms with van der Waals surface area (Å²) >= 11 is 3.32. The molecule has 0 aliphatic heterocycles. The molecule has 3 N–H and O–H groups in total. The third-order valence-electron chi connectivity index (χ3n) is 3.31. The van der Waals surface area contributed by atoms with Crippen molar-refractivity contribution in [1.82, 2.24) is 0 Å². The topological polar surface area (TPSA) is 81.4 Å². The van der Waals surface area contributed by atoms with Crippen LogP contribution in [0.3, 0.4) is 0 Å². The standard InChI is InChI=1S/C17H17BrN2O3/c1-10-4-3-5-14(15(10)19)17(22)23-11(2)16(21)20-13-8-6-12(18)7-9-13/h3-9,11H,19H2,1-2H3,(H,20,21)/t11-/m1/s1. The number of carbonyl (C=O) groups is 2. The van der Waals surface area contributed by atoms with Crippen LogP contribution in [0.25, 0.3) is 0 Å². The monoisotopic (exact) mass is 376 g/mol. The van der Waals surface area contributed by atoms with E-state index < -0.39 is 18.0 Å². The van der Waals surface area contributed by atoms with Gasteiger partial charge in [-0.05, 0) is 49.7 Å². The Hall–Kier alpha value is -2.34. The second-order valence-corrected chi connectivity index (χ2v) is 6.00. The molecule has 0 fully saturated rings. The number of nitrogen functional groups attached to an aromatic ring is 1. The summed E-state index contributed by atoms with van der Waals surface area (Å²) in [7, 11) is 0. The fraction of sp³-hybridized carbons (Fsp3) is 0.176. The number of hydrogen-bond acceptors (Lipinski definition) is 4. The third-order valence-corrected chi connectivity index (χ3v) is 3.84. The molecule has 2 rings (SSSR count). The number of esters is 1. The van der Waals surface area contributed by atoms with E-state index in [9.17, 15) is 9.59 Å². The summed E-state index contributed by atoms with van der Waals surface area (Å²) in [6.07, 6.45) is -0.939. The molecule has 23 heavy (non-hydrogen) atoms. The summed E-state index contributed by atoms with van der Waals surface area (Å²) in [5, 5.41) is 2.68. The van der Waals surface area contributed by atoms with Gasteiger partial charge in [-0.15, -0.1) is 0 Å². The lowest BCUT2D eigenvalue weighted by Gasteiger charge is -2.15. The van der Waals surface area contributed by atoms with Crippen LogP contribution in [0.4, 0.5) is 11.4 Å². The zero-order valence-electron chi connectivity index (χ0n) is 12.8. The van der Waals surface area contributed by atoms with E-state index >= 15 is 0 Å². The largest absolute Gasteiger partial charge is 0.449 e. The number of nitrogens with two attached hydrogens (primary N) is 1. The van der Waals surface area contributed by atoms with Gasteiger partial charge in [-0.3, -0.25) is 4.79 Å². The number of aryl methyl sites for hydroxylation is 1. The Balaban J connectivity index is 2.01. The lowest BCUT2D eigenvalue weighted by molar-refractivity contribution is -0.123. The zero-order valence-corrected chi connectivity index (χ0v) is 14.4. The minimum absolute atomic E-state index is 0.258. The van der Waals surface area contributed by atoms with Gasteiger partial charge >= 0.3 is 5.97 Å². The van der Waals surface area contributed by atoms with Crippen LogP contribution in [0, 0.1) is 6.92 Å². The number of carbonyl (C=O) groups excluding carboxylic acids is 2. The van der Waals surface area contributed by atoms with Gasteiger partial charge in [0, 0.05) is 15.8 Å². The molecule has 0 aliphatic carbocycles. The highest BCUT2D eigenvalue weighted by molar-refractivity contribution is 9.10. The molecule has 0 radical (unpaired) electrons. The molecule has 0 saturated heterocycles. The van der Waals surface area contributed by atoms with E-state index in [1.54, 1.807) is 49.4 Å². The average Bonchev–Trinajstić information content (AvgIpc) is 2.52. The maximum Gasteiger partial charge on any atom is 0.341 e. The van der Waals surface area contributed by atoms with E-state index in [4.69, 9.17) is 10.5 Å². The number of hydrogen-bond donors (Lipinski definition) is 2. The van der Waals surface area contributed by atoms with Crippen molar-refractivity contribution in [2.45, 2.75) is 20.0 Å². The Morgan fingerprint density at radius 1 is 1.17 bits per heavy atom. The first-order valence-electron chi connectivity index (χ1n) is 7.01. The fourth-order valence-electron chi connectivity index (χ4n) is 1.91. The molecule has 0 heterocycles. The van der Waals surface area contributed by atoms with Crippen LogP contribution < -0.4 is 11.1 Å². The van der Waals surface area contributed by atoms with Crippen LogP contribution in [0.5, 0.6) is 0 Å². The molecular formula is C17H17BrN2O3. The van der Waals surface area contributed by atoms with Crippen molar-refractivity contribution in [3.05, 3.63) is 58.1 Å². The number of ether oxygens (including phenoxy) is 1. The highest BCUT2D eigenvalue weighted by Crippen LogP contribution is 2.18. The van der Waals surface area contributed by atoms with Crippen molar-refractivity contribution in [2.24, 2.45) is 0 Å². The molecule has 0 saturated carbocycles. The van der Waals surface area contributed by atoms with E-state index in [0.717, 1.165) is 10.0 Å². The number of halogens is 1. The van der Waals surface area contributed by atoms with Crippen molar-refractivity contribution >= 4 is 39.2 Å². The number of nitrogens with one attached hydrogen (secondary N) is 1. The van der Waals surface area contributed by atoms with Gasteiger partial charge < -0.3 is 15.8 Å². The molecule has 0 aliphatic rings. The Bertz CT molecular complexity index is 729. The Labute approximate surface area is 143 Å². The third kappa shape index (κ3) is 4.32. The number of amides is 1. The highest BCUT2D eigenvalue weighted by Gasteiger charge is 2.20. The maximum atomic E-state index is 12.1. The highest BCUT2D eigenvalue weighted by atomic mass is 79.9. The summed E-state index contributed by atoms with van der Waals surface area (Å²) in [4.78, 5) is 24.2. The Morgan fingerprint density at radius 2 is 1.83 bits per heavy atom. The van der Waals surface area contributed by atoms with Gasteiger partial charge in [0.05, 0.1) is 5.56 Å². The lowest BCUT2D eigenvalue weighted by Crippen LogP contribution is -2.30. The minimum atomic E-state index is -0.939. The summed E-state index contributed by atoms with van der Waals surface area (Å²) in [5.74, 6) is -1.03. The molecule has 1 atom stereocenters. The van der Waals surface area contributed by atoms with Crippen LogP contribution in [-0.4, -0.2) is 18.0 Å². The quantitative estimate of drug-likeness (QED) is 0.631. The van der Waals surface area contributed by atoms with Crippen LogP contribution in [0.15, 0.2) is 46.9 Å². The lowest BCUT2D eigenvalue weighted by atomic mass is 10.1. The average molecular weight is 377 g/mol. The first-order valence-corrected chi connectivity index (χ1v) is 7.80. The van der Waals surface area contributed by atoms with Gasteiger partial charge in [0.1, 0.15) is 0 Å². The Kier molecular flexibility index (Phi) is 5.39. The van der Waals surface area contributed by atoms with Crippen molar-refractivity contribution in [1.29, 1.82) is 0 Å². The van der Waals surface area contributed by atoms with E-state index in [-0.39, 0.29) is 5.56 Å². The van der Waals surface area contributed by atoms with Crippen LogP contribution >= 0.6 is 15.9 Å². The first kappa shape index (κ1) is 17.0. The van der Waals surface area contributed by atoms with Gasteiger partial charge in [0.15, 0.2) is 6.10 Å². The summed E-state index contributed by atoms with van der Waals surface area (Å²) in [6.45, 7) is 3.31. The zero-order chi connectivity index (χ0) is 17.0. The number of rotatable bonds is 4. The van der Waals surface area contributed by atoms with Gasteiger partial charge in [-0.2, -0.15) is 0 Å². The van der Waals surface area contributed by atoms with Crippen molar-refractivity contribution in [2.75, 3.05) is 11.1 Å². The minimum Gasteiger partial charge on any atom is -0.449 e. The summed E-state index contributed by atoms with van der Waals surface area (Å²) in [5.41, 5.74) is 7.89. The SMILES string of the molecule is Cc1cccc(C(=O)O[C@H](C)C(=O)Nc2ccc(Br)cc2)c1N. The molecule has 0 aromatic heterocycles. The van der Waals surface area contributed by atoms with Gasteiger partial charge in [0.2, 0.25) is 0 Å². The second kappa shape index (κ2) is 7.28. The number of anilines is 2. The molecule has 6 heteroatoms. The molecule has 0 bridgehead atoms. The van der Waals surface area contributed by atoms with Crippen molar-refractivity contribution in [3.8, 4) is 0 Å². The van der Waals surface area contributed by atoms with Gasteiger partial charge in [0.25, 0.3) is 5.91 Å². The van der Waals surface area contributed by atoms with Crippen LogP contribution in [-0.2, 0) is 9.53 Å². The molecular weight excluding hydrogens is 360 g/mol. The van der Waals surface area contributed by atoms with E-state index in [2.05, 4.69) is 21.2 Å². The molecule has 1 amide bonds. The molecule has 0 unspecified atom stereocenters. The van der Waals surface area contributed by atoms with Crippen molar-refractivity contribution < 1.29 is 14.3 Å². The second-order valence-electron chi connectivity index (χ2n) is 5.08. The van der Waals surface area contributed by atoms with Gasteiger partial charge in [-0.25, -0.2) is 4.79 Å². The molecule has 2 aromatic carbocycles. The van der Waals surface area contributed by atoms with Gasteiger partial charge in [-0.1, -0.05) is 28.1 Å². The summed E-state index contributed by atoms with van der Waals surface area (Å²) < 4.78 is 6.10. The predicted octanol–water partition coefficient (Wildman–Crippen LogP) is 3.52. The smallest absolute Gasteiger partial charge is 0.341 e. The molecule has 120 valence electrons. The fourth-order valence-corrected chi connectivity index (χ4v) is 2.18. The van der Waals surface area contributed by atoms with E-state index in [0.29, 0.717) is 11.4 Å². The molecule has 2 aromatic rings. The van der Waals surface area contributed by atoms with Crippen LogP contribution in [0.2, 0.25) is 0 Å². The maximum absolute atomic E-state index is 12.1. The van der Waals surface area contributed by atoms with Crippen molar-refractivity contribution in [3.63, 3.8) is 0 Å². The predicted molar refractivity (Wildman–Crippen MR) is 93.2 cm³/mol. The Morgan fingerprint density at radius 3 is 2.48 bits per heavy atom. The van der Waals surface area contributed by atoms with Crippen LogP contribution in [0.1, 0.15) is 22.8 Å². The van der Waals surface area contributed by atoms with E-state index in [1.807, 2.05) is 0 Å².